The van der Waals surface area contributed by atoms with Gasteiger partial charge in [0.15, 0.2) is 11.5 Å². The van der Waals surface area contributed by atoms with E-state index in [4.69, 9.17) is 20.2 Å². The average molecular weight is 393 g/mol. The Morgan fingerprint density at radius 3 is 2.64 bits per heavy atom. The molecule has 1 heterocycles. The predicted molar refractivity (Wildman–Crippen MR) is 99.2 cm³/mol. The van der Waals surface area contributed by atoms with E-state index >= 15 is 0 Å². The molecule has 1 atom stereocenters. The summed E-state index contributed by atoms with van der Waals surface area (Å²) in [5.74, 6) is 0.708. The van der Waals surface area contributed by atoms with E-state index < -0.39 is 23.7 Å². The van der Waals surface area contributed by atoms with Gasteiger partial charge in [-0.1, -0.05) is 6.07 Å². The number of fused-ring (bicyclic) bond motifs is 3. The summed E-state index contributed by atoms with van der Waals surface area (Å²) < 4.78 is 35.7. The first-order valence-corrected chi connectivity index (χ1v) is 9.66. The van der Waals surface area contributed by atoms with E-state index in [1.54, 1.807) is 7.05 Å². The summed E-state index contributed by atoms with van der Waals surface area (Å²) in [7, 11) is 1.62. The van der Waals surface area contributed by atoms with Crippen LogP contribution < -0.4 is 10.5 Å². The van der Waals surface area contributed by atoms with Crippen LogP contribution >= 0.6 is 0 Å². The van der Waals surface area contributed by atoms with Crippen LogP contribution in [0.25, 0.3) is 0 Å². The smallest absolute Gasteiger partial charge is 0.345 e. The van der Waals surface area contributed by atoms with Crippen LogP contribution in [0.4, 0.5) is 8.78 Å². The molecule has 1 fully saturated rings. The summed E-state index contributed by atoms with van der Waals surface area (Å²) in [6, 6.07) is 5.77. The molecular formula is C20H25F2N3O3. The molecule has 1 saturated carbocycles. The zero-order chi connectivity index (χ0) is 20.1. The fourth-order valence-corrected chi connectivity index (χ4v) is 5.21. The van der Waals surface area contributed by atoms with Crippen LogP contribution in [0.5, 0.6) is 5.75 Å². The third-order valence-electron chi connectivity index (χ3n) is 6.50. The molecule has 8 heteroatoms. The van der Waals surface area contributed by atoms with E-state index in [2.05, 4.69) is 0 Å². The van der Waals surface area contributed by atoms with Gasteiger partial charge in [-0.3, -0.25) is 9.69 Å². The fraction of sp³-hybridized carbons (Fsp3) is 0.600. The van der Waals surface area contributed by atoms with Crippen molar-refractivity contribution in [2.24, 2.45) is 16.1 Å². The topological polar surface area (TPSA) is 77.2 Å². The Hall–Kier alpha value is -2.22. The van der Waals surface area contributed by atoms with Crippen LogP contribution in [0.1, 0.15) is 43.7 Å². The third-order valence-corrected chi connectivity index (χ3v) is 6.50. The highest BCUT2D eigenvalue weighted by molar-refractivity contribution is 6.08. The molecule has 0 radical (unpaired) electrons. The van der Waals surface area contributed by atoms with Gasteiger partial charge < -0.3 is 15.2 Å². The molecule has 1 aromatic rings. The van der Waals surface area contributed by atoms with Crippen LogP contribution in [0, 0.1) is 5.41 Å². The number of nitrogens with zero attached hydrogens (tertiary/aromatic N) is 2. The lowest BCUT2D eigenvalue weighted by Gasteiger charge is -2.45. The number of likely N-dealkylation sites (N-methyl/N-ethyl adjacent to an activating group) is 1. The molecule has 152 valence electrons. The summed E-state index contributed by atoms with van der Waals surface area (Å²) in [6.07, 6.45) is 2.22. The van der Waals surface area contributed by atoms with Crippen LogP contribution in [-0.2, 0) is 21.5 Å². The molecule has 1 unspecified atom stereocenters. The normalized spacial score (nSPS) is 31.8. The molecule has 2 aliphatic carbocycles. The number of aliphatic imine (C=N–C) groups is 1. The van der Waals surface area contributed by atoms with E-state index in [1.165, 1.54) is 4.90 Å². The first-order valence-electron chi connectivity index (χ1n) is 9.66. The Labute approximate surface area is 162 Å². The number of hydrogen-bond donors (Lipinski definition) is 1. The highest BCUT2D eigenvalue weighted by Gasteiger charge is 2.66. The molecule has 0 aromatic heterocycles. The van der Waals surface area contributed by atoms with Crippen molar-refractivity contribution in [2.75, 3.05) is 13.7 Å². The minimum atomic E-state index is -2.78. The zero-order valence-electron chi connectivity index (χ0n) is 16.1. The molecule has 2 N–H and O–H groups in total. The van der Waals surface area contributed by atoms with Gasteiger partial charge in [0.1, 0.15) is 5.75 Å². The Morgan fingerprint density at radius 2 is 2.07 bits per heavy atom. The van der Waals surface area contributed by atoms with Crippen molar-refractivity contribution >= 4 is 11.9 Å². The number of carbonyl (C=O) groups is 1. The quantitative estimate of drug-likeness (QED) is 0.853. The van der Waals surface area contributed by atoms with E-state index in [0.29, 0.717) is 44.5 Å². The lowest BCUT2D eigenvalue weighted by Crippen LogP contribution is -2.51. The Balaban J connectivity index is 1.77. The van der Waals surface area contributed by atoms with E-state index in [-0.39, 0.29) is 11.9 Å². The standard InChI is InChI=1S/C20H25F2N3O3/c1-3-27-14-5-4-12-11-19(8-6-13(7-9-19)28-17(21)22)20(15(12)10-14)16(26)25(2)18(23)24-20/h4-5,10,13,17H,3,6-9,11H2,1-2H3,(H2,23,24)/t13-,19-,20?. The number of hydrogen-bond acceptors (Lipinski definition) is 5. The molecule has 1 aromatic carbocycles. The summed E-state index contributed by atoms with van der Waals surface area (Å²) in [6.45, 7) is -0.363. The molecule has 6 nitrogen and oxygen atoms in total. The van der Waals surface area contributed by atoms with Gasteiger partial charge in [0.05, 0.1) is 12.7 Å². The van der Waals surface area contributed by atoms with Crippen molar-refractivity contribution in [1.29, 1.82) is 0 Å². The monoisotopic (exact) mass is 393 g/mol. The van der Waals surface area contributed by atoms with E-state index in [1.807, 2.05) is 25.1 Å². The minimum Gasteiger partial charge on any atom is -0.494 e. The molecule has 4 rings (SSSR count). The summed E-state index contributed by atoms with van der Waals surface area (Å²) in [4.78, 5) is 19.6. The summed E-state index contributed by atoms with van der Waals surface area (Å²) in [5, 5.41) is 0. The van der Waals surface area contributed by atoms with Gasteiger partial charge in [0.25, 0.3) is 5.91 Å². The van der Waals surface area contributed by atoms with Gasteiger partial charge >= 0.3 is 6.61 Å². The second-order valence-corrected chi connectivity index (χ2v) is 7.85. The van der Waals surface area contributed by atoms with Crippen molar-refractivity contribution < 1.29 is 23.0 Å². The van der Waals surface area contributed by atoms with Gasteiger partial charge in [0, 0.05) is 12.5 Å². The van der Waals surface area contributed by atoms with Crippen molar-refractivity contribution in [3.63, 3.8) is 0 Å². The Morgan fingerprint density at radius 1 is 1.36 bits per heavy atom. The molecule has 0 saturated heterocycles. The molecule has 1 aliphatic heterocycles. The number of carbonyl (C=O) groups excluding carboxylic acids is 1. The summed E-state index contributed by atoms with van der Waals surface area (Å²) >= 11 is 0. The fourth-order valence-electron chi connectivity index (χ4n) is 5.21. The highest BCUT2D eigenvalue weighted by atomic mass is 19.3. The second-order valence-electron chi connectivity index (χ2n) is 7.85. The molecule has 2 spiro atoms. The summed E-state index contributed by atoms with van der Waals surface area (Å²) in [5.41, 5.74) is 6.31. The number of ether oxygens (including phenoxy) is 2. The average Bonchev–Trinajstić information content (AvgIpc) is 3.05. The predicted octanol–water partition coefficient (Wildman–Crippen LogP) is 2.79. The van der Waals surface area contributed by atoms with Gasteiger partial charge in [-0.05, 0) is 62.3 Å². The number of guanidine groups is 1. The van der Waals surface area contributed by atoms with Gasteiger partial charge in [-0.25, -0.2) is 4.99 Å². The molecule has 1 amide bonds. The lowest BCUT2D eigenvalue weighted by molar-refractivity contribution is -0.178. The number of amides is 1. The number of rotatable bonds is 4. The van der Waals surface area contributed by atoms with E-state index in [9.17, 15) is 13.6 Å². The number of benzene rings is 1. The van der Waals surface area contributed by atoms with Crippen LogP contribution in [0.3, 0.4) is 0 Å². The lowest BCUT2D eigenvalue weighted by atomic mass is 9.61. The maximum absolute atomic E-state index is 13.4. The minimum absolute atomic E-state index is 0.161. The van der Waals surface area contributed by atoms with Crippen molar-refractivity contribution in [2.45, 2.75) is 57.3 Å². The van der Waals surface area contributed by atoms with E-state index in [0.717, 1.165) is 11.1 Å². The molecule has 3 aliphatic rings. The largest absolute Gasteiger partial charge is 0.494 e. The maximum Gasteiger partial charge on any atom is 0.345 e. The first kappa shape index (κ1) is 19.1. The number of halogens is 2. The van der Waals surface area contributed by atoms with Gasteiger partial charge in [-0.2, -0.15) is 8.78 Å². The maximum atomic E-state index is 13.4. The highest BCUT2D eigenvalue weighted by Crippen LogP contribution is 2.62. The van der Waals surface area contributed by atoms with Crippen molar-refractivity contribution in [3.8, 4) is 5.75 Å². The van der Waals surface area contributed by atoms with Crippen LogP contribution in [0.2, 0.25) is 0 Å². The second kappa shape index (κ2) is 6.69. The van der Waals surface area contributed by atoms with Gasteiger partial charge in [0.2, 0.25) is 0 Å². The Bertz CT molecular complexity index is 821. The Kier molecular flexibility index (Phi) is 4.56. The molecule has 28 heavy (non-hydrogen) atoms. The first-order chi connectivity index (χ1) is 13.3. The van der Waals surface area contributed by atoms with Crippen molar-refractivity contribution in [3.05, 3.63) is 29.3 Å². The third kappa shape index (κ3) is 2.61. The van der Waals surface area contributed by atoms with Crippen molar-refractivity contribution in [1.82, 2.24) is 4.90 Å². The SMILES string of the molecule is CCOc1ccc2c(c1)C1(N=C(N)N(C)C1=O)[C@]1(CC[C@H](OC(F)F)CC1)C2. The van der Waals surface area contributed by atoms with Crippen LogP contribution in [0.15, 0.2) is 23.2 Å². The number of alkyl halides is 2. The van der Waals surface area contributed by atoms with Crippen LogP contribution in [-0.4, -0.2) is 43.1 Å². The molecular weight excluding hydrogens is 368 g/mol. The molecule has 0 bridgehead atoms. The zero-order valence-corrected chi connectivity index (χ0v) is 16.1. The van der Waals surface area contributed by atoms with Gasteiger partial charge in [-0.15, -0.1) is 0 Å². The number of nitrogens with two attached hydrogens (primary N) is 1.